The first kappa shape index (κ1) is 22.6. The number of nitrogens with zero attached hydrogens (tertiary/aromatic N) is 1. The van der Waals surface area contributed by atoms with Crippen molar-refractivity contribution < 1.29 is 23.9 Å². The smallest absolute Gasteiger partial charge is 0.314 e. The van der Waals surface area contributed by atoms with Gasteiger partial charge in [-0.1, -0.05) is 17.7 Å². The molecule has 3 amide bonds. The van der Waals surface area contributed by atoms with Crippen LogP contribution in [0.3, 0.4) is 0 Å². The van der Waals surface area contributed by atoms with E-state index in [1.807, 2.05) is 0 Å². The van der Waals surface area contributed by atoms with Crippen LogP contribution in [0.15, 0.2) is 60.8 Å². The molecular formula is C22H19ClN4O5. The van der Waals surface area contributed by atoms with Crippen LogP contribution >= 0.6 is 11.6 Å². The lowest BCUT2D eigenvalue weighted by molar-refractivity contribution is -0.132. The van der Waals surface area contributed by atoms with Gasteiger partial charge >= 0.3 is 11.8 Å². The molecule has 0 fully saturated rings. The van der Waals surface area contributed by atoms with Crippen molar-refractivity contribution in [1.82, 2.24) is 10.3 Å². The van der Waals surface area contributed by atoms with Gasteiger partial charge in [0.25, 0.3) is 5.91 Å². The highest BCUT2D eigenvalue weighted by Crippen LogP contribution is 2.27. The number of nitrogens with one attached hydrogen (secondary N) is 3. The lowest BCUT2D eigenvalue weighted by Crippen LogP contribution is -2.29. The fraction of sp³-hybridized carbons (Fsp3) is 0.0909. The number of methoxy groups -OCH3 is 1. The van der Waals surface area contributed by atoms with Crippen LogP contribution in [0, 0.1) is 0 Å². The van der Waals surface area contributed by atoms with E-state index < -0.39 is 11.8 Å². The standard InChI is InChI=1S/C22H19ClN4O5/c1-24-20(28)18-12-16(8-9-25-18)32-15-5-3-4-13(10-15)26-21(29)22(30)27-14-6-7-19(31-2)17(23)11-14/h3-12H,1-2H3,(H,24,28)(H,26,29)(H,27,30). The van der Waals surface area contributed by atoms with Crippen molar-refractivity contribution in [2.24, 2.45) is 0 Å². The van der Waals surface area contributed by atoms with Gasteiger partial charge in [0.2, 0.25) is 0 Å². The molecule has 0 radical (unpaired) electrons. The molecule has 0 unspecified atom stereocenters. The highest BCUT2D eigenvalue weighted by Gasteiger charge is 2.15. The summed E-state index contributed by atoms with van der Waals surface area (Å²) in [4.78, 5) is 40.2. The van der Waals surface area contributed by atoms with Crippen LogP contribution in [-0.4, -0.2) is 36.9 Å². The van der Waals surface area contributed by atoms with Gasteiger partial charge in [0.1, 0.15) is 22.9 Å². The average molecular weight is 455 g/mol. The van der Waals surface area contributed by atoms with E-state index in [9.17, 15) is 14.4 Å². The van der Waals surface area contributed by atoms with Crippen LogP contribution in [0.1, 0.15) is 10.5 Å². The summed E-state index contributed by atoms with van der Waals surface area (Å²) in [5, 5.41) is 7.74. The number of carbonyl (C=O) groups excluding carboxylic acids is 3. The minimum atomic E-state index is -0.875. The van der Waals surface area contributed by atoms with E-state index in [0.29, 0.717) is 33.6 Å². The second-order valence-corrected chi connectivity index (χ2v) is 6.75. The predicted octanol–water partition coefficient (Wildman–Crippen LogP) is 3.47. The number of hydrogen-bond donors (Lipinski definition) is 3. The van der Waals surface area contributed by atoms with E-state index >= 15 is 0 Å². The number of amides is 3. The van der Waals surface area contributed by atoms with E-state index in [1.54, 1.807) is 36.4 Å². The topological polar surface area (TPSA) is 119 Å². The van der Waals surface area contributed by atoms with Crippen LogP contribution in [0.5, 0.6) is 17.2 Å². The van der Waals surface area contributed by atoms with Crippen LogP contribution in [-0.2, 0) is 9.59 Å². The Bertz CT molecular complexity index is 1170. The molecule has 9 nitrogen and oxygen atoms in total. The molecule has 1 heterocycles. The van der Waals surface area contributed by atoms with Gasteiger partial charge in [-0.25, -0.2) is 0 Å². The first-order chi connectivity index (χ1) is 15.4. The van der Waals surface area contributed by atoms with Gasteiger partial charge in [0.05, 0.1) is 12.1 Å². The third kappa shape index (κ3) is 5.73. The molecule has 0 spiro atoms. The van der Waals surface area contributed by atoms with E-state index in [4.69, 9.17) is 21.1 Å². The minimum absolute atomic E-state index is 0.199. The molecular weight excluding hydrogens is 436 g/mol. The summed E-state index contributed by atoms with van der Waals surface area (Å²) in [5.41, 5.74) is 0.887. The van der Waals surface area contributed by atoms with Crippen molar-refractivity contribution in [2.45, 2.75) is 0 Å². The fourth-order valence-corrected chi connectivity index (χ4v) is 2.88. The molecule has 0 aliphatic heterocycles. The van der Waals surface area contributed by atoms with Gasteiger partial charge in [-0.15, -0.1) is 0 Å². The van der Waals surface area contributed by atoms with Crippen molar-refractivity contribution in [3.63, 3.8) is 0 Å². The first-order valence-electron chi connectivity index (χ1n) is 9.31. The molecule has 0 bridgehead atoms. The van der Waals surface area contributed by atoms with E-state index in [1.165, 1.54) is 38.6 Å². The number of ether oxygens (including phenoxy) is 2. The molecule has 0 saturated heterocycles. The maximum atomic E-state index is 12.3. The average Bonchev–Trinajstić information content (AvgIpc) is 2.79. The normalized spacial score (nSPS) is 10.1. The summed E-state index contributed by atoms with van der Waals surface area (Å²) >= 11 is 6.02. The Morgan fingerprint density at radius 3 is 2.25 bits per heavy atom. The van der Waals surface area contributed by atoms with Gasteiger partial charge in [0, 0.05) is 36.8 Å². The molecule has 1 aromatic heterocycles. The Morgan fingerprint density at radius 2 is 1.59 bits per heavy atom. The number of carbonyl (C=O) groups is 3. The Morgan fingerprint density at radius 1 is 0.906 bits per heavy atom. The summed E-state index contributed by atoms with van der Waals surface area (Å²) < 4.78 is 10.8. The van der Waals surface area contributed by atoms with E-state index in [-0.39, 0.29) is 11.6 Å². The summed E-state index contributed by atoms with van der Waals surface area (Å²) in [6, 6.07) is 14.1. The zero-order chi connectivity index (χ0) is 23.1. The summed E-state index contributed by atoms with van der Waals surface area (Å²) in [6.45, 7) is 0. The van der Waals surface area contributed by atoms with Gasteiger partial charge in [-0.05, 0) is 36.4 Å². The van der Waals surface area contributed by atoms with Gasteiger partial charge in [-0.3, -0.25) is 19.4 Å². The van der Waals surface area contributed by atoms with E-state index in [0.717, 1.165) is 0 Å². The second kappa shape index (κ2) is 10.3. The number of hydrogen-bond acceptors (Lipinski definition) is 6. The Labute approximate surface area is 188 Å². The summed E-state index contributed by atoms with van der Waals surface area (Å²) in [5.74, 6) is -0.875. The molecule has 32 heavy (non-hydrogen) atoms. The molecule has 0 aliphatic rings. The number of halogens is 1. The lowest BCUT2D eigenvalue weighted by Gasteiger charge is -2.10. The highest BCUT2D eigenvalue weighted by molar-refractivity contribution is 6.43. The van der Waals surface area contributed by atoms with Crippen LogP contribution in [0.25, 0.3) is 0 Å². The van der Waals surface area contributed by atoms with Crippen LogP contribution < -0.4 is 25.4 Å². The molecule has 0 aliphatic carbocycles. The third-order valence-electron chi connectivity index (χ3n) is 4.13. The van der Waals surface area contributed by atoms with Crippen LogP contribution in [0.2, 0.25) is 5.02 Å². The molecule has 3 N–H and O–H groups in total. The van der Waals surface area contributed by atoms with E-state index in [2.05, 4.69) is 20.9 Å². The lowest BCUT2D eigenvalue weighted by atomic mass is 10.2. The van der Waals surface area contributed by atoms with Crippen molar-refractivity contribution in [1.29, 1.82) is 0 Å². The number of anilines is 2. The zero-order valence-electron chi connectivity index (χ0n) is 17.1. The summed E-state index contributed by atoms with van der Waals surface area (Å²) in [7, 11) is 2.98. The molecule has 3 rings (SSSR count). The number of rotatable bonds is 6. The number of pyridine rings is 1. The van der Waals surface area contributed by atoms with Crippen molar-refractivity contribution >= 4 is 40.7 Å². The monoisotopic (exact) mass is 454 g/mol. The summed E-state index contributed by atoms with van der Waals surface area (Å²) in [6.07, 6.45) is 1.45. The van der Waals surface area contributed by atoms with Gasteiger partial charge < -0.3 is 25.4 Å². The number of aromatic nitrogens is 1. The fourth-order valence-electron chi connectivity index (χ4n) is 2.62. The van der Waals surface area contributed by atoms with Gasteiger partial charge in [-0.2, -0.15) is 0 Å². The molecule has 164 valence electrons. The van der Waals surface area contributed by atoms with Crippen molar-refractivity contribution in [3.8, 4) is 17.2 Å². The zero-order valence-corrected chi connectivity index (χ0v) is 17.9. The quantitative estimate of drug-likeness (QED) is 0.491. The largest absolute Gasteiger partial charge is 0.495 e. The minimum Gasteiger partial charge on any atom is -0.495 e. The van der Waals surface area contributed by atoms with Crippen molar-refractivity contribution in [2.75, 3.05) is 24.8 Å². The maximum Gasteiger partial charge on any atom is 0.314 e. The SMILES string of the molecule is CNC(=O)c1cc(Oc2cccc(NC(=O)C(=O)Nc3ccc(OC)c(Cl)c3)c2)ccn1. The van der Waals surface area contributed by atoms with Crippen LogP contribution in [0.4, 0.5) is 11.4 Å². The Balaban J connectivity index is 1.65. The molecule has 0 atom stereocenters. The molecule has 0 saturated carbocycles. The van der Waals surface area contributed by atoms with Gasteiger partial charge in [0.15, 0.2) is 0 Å². The Hall–Kier alpha value is -4.11. The third-order valence-corrected chi connectivity index (χ3v) is 4.43. The Kier molecular flexibility index (Phi) is 7.25. The second-order valence-electron chi connectivity index (χ2n) is 6.34. The highest BCUT2D eigenvalue weighted by atomic mass is 35.5. The maximum absolute atomic E-state index is 12.3. The molecule has 3 aromatic rings. The van der Waals surface area contributed by atoms with Crippen molar-refractivity contribution in [3.05, 3.63) is 71.5 Å². The number of benzene rings is 2. The first-order valence-corrected chi connectivity index (χ1v) is 9.69. The predicted molar refractivity (Wildman–Crippen MR) is 119 cm³/mol. The molecule has 10 heteroatoms. The molecule has 2 aromatic carbocycles.